The van der Waals surface area contributed by atoms with Gasteiger partial charge >= 0.3 is 0 Å². The molecule has 4 aliphatic carbocycles. The van der Waals surface area contributed by atoms with E-state index in [1.807, 2.05) is 0 Å². The summed E-state index contributed by atoms with van der Waals surface area (Å²) >= 11 is 0. The standard InChI is InChI=1S/C76H58N2/c1-75(2)68-39-16-12-35-63(68)66-50-59(44-45-69(66)75)77(57-30-10-5-11-31-57)71-41-18-14-33-60(71)53-24-20-23-51(47-53)52-43-46-73-67(49-52)64-36-15-19-42-72(64)78(73)58-32-21-25-54(48-58)61-37-22-38-65-62-34-13-17-40-70(62)76(74(61)65,55-26-6-3-7-27-55)56-28-8-4-9-29-56/h3,5-8,10-46,48-50,53H,4,9,47H2,1-2H3. The van der Waals surface area contributed by atoms with E-state index >= 15 is 0 Å². The van der Waals surface area contributed by atoms with Gasteiger partial charge < -0.3 is 9.47 Å². The van der Waals surface area contributed by atoms with Crippen molar-refractivity contribution in [1.82, 2.24) is 4.57 Å². The van der Waals surface area contributed by atoms with E-state index in [-0.39, 0.29) is 11.3 Å². The van der Waals surface area contributed by atoms with Gasteiger partial charge in [0.05, 0.1) is 16.4 Å². The van der Waals surface area contributed by atoms with Crippen LogP contribution in [0.1, 0.15) is 78.0 Å². The van der Waals surface area contributed by atoms with Crippen LogP contribution in [-0.2, 0) is 10.8 Å². The first-order valence-corrected chi connectivity index (χ1v) is 27.8. The van der Waals surface area contributed by atoms with Crippen LogP contribution < -0.4 is 4.90 Å². The third-order valence-electron chi connectivity index (χ3n) is 17.7. The zero-order valence-electron chi connectivity index (χ0n) is 44.1. The second-order valence-electron chi connectivity index (χ2n) is 22.2. The van der Waals surface area contributed by atoms with Crippen LogP contribution in [0, 0.1) is 0 Å². The lowest BCUT2D eigenvalue weighted by atomic mass is 9.64. The largest absolute Gasteiger partial charge is 0.310 e. The maximum Gasteiger partial charge on any atom is 0.0716 e. The molecule has 0 spiro atoms. The molecule has 0 N–H and O–H groups in total. The number of para-hydroxylation sites is 3. The topological polar surface area (TPSA) is 8.17 Å². The minimum atomic E-state index is -0.460. The Kier molecular flexibility index (Phi) is 10.8. The Morgan fingerprint density at radius 3 is 2.03 bits per heavy atom. The summed E-state index contributed by atoms with van der Waals surface area (Å²) in [5.74, 6) is 0.166. The Bertz CT molecular complexity index is 4330. The summed E-state index contributed by atoms with van der Waals surface area (Å²) in [6.45, 7) is 4.71. The zero-order valence-corrected chi connectivity index (χ0v) is 44.1. The van der Waals surface area contributed by atoms with E-state index in [2.05, 4.69) is 296 Å². The predicted octanol–water partition coefficient (Wildman–Crippen LogP) is 19.9. The van der Waals surface area contributed by atoms with Crippen molar-refractivity contribution in [2.75, 3.05) is 4.90 Å². The fourth-order valence-electron chi connectivity index (χ4n) is 14.2. The fourth-order valence-corrected chi connectivity index (χ4v) is 14.2. The molecule has 2 atom stereocenters. The van der Waals surface area contributed by atoms with E-state index < -0.39 is 5.41 Å². The summed E-state index contributed by atoms with van der Waals surface area (Å²) < 4.78 is 2.48. The van der Waals surface area contributed by atoms with E-state index in [4.69, 9.17) is 0 Å². The predicted molar refractivity (Wildman–Crippen MR) is 328 cm³/mol. The fraction of sp³-hybridized carbons (Fsp3) is 0.105. The van der Waals surface area contributed by atoms with Crippen LogP contribution >= 0.6 is 0 Å². The second kappa shape index (κ2) is 18.2. The van der Waals surface area contributed by atoms with Crippen molar-refractivity contribution in [3.8, 4) is 39.1 Å². The van der Waals surface area contributed by atoms with Gasteiger partial charge in [-0.1, -0.05) is 226 Å². The summed E-state index contributed by atoms with van der Waals surface area (Å²) in [6, 6.07) is 88.7. The first-order valence-electron chi connectivity index (χ1n) is 27.8. The van der Waals surface area contributed by atoms with Gasteiger partial charge in [0.1, 0.15) is 0 Å². The molecule has 15 rings (SSSR count). The van der Waals surface area contributed by atoms with Crippen molar-refractivity contribution in [2.24, 2.45) is 0 Å². The molecule has 2 nitrogen and oxygen atoms in total. The molecule has 0 bridgehead atoms. The summed E-state index contributed by atoms with van der Waals surface area (Å²) in [7, 11) is 0. The first-order chi connectivity index (χ1) is 38.5. The molecular formula is C76H58N2. The Balaban J connectivity index is 0.807. The molecule has 78 heavy (non-hydrogen) atoms. The van der Waals surface area contributed by atoms with Gasteiger partial charge in [0.25, 0.3) is 0 Å². The molecule has 4 aliphatic rings. The summed E-state index contributed by atoms with van der Waals surface area (Å²) in [5, 5.41) is 2.51. The van der Waals surface area contributed by atoms with E-state index in [0.717, 1.165) is 36.3 Å². The molecule has 0 fully saturated rings. The maximum atomic E-state index is 2.49. The Labute approximate surface area is 457 Å². The number of nitrogens with zero attached hydrogens (tertiary/aromatic N) is 2. The van der Waals surface area contributed by atoms with E-state index in [9.17, 15) is 0 Å². The quantitative estimate of drug-likeness (QED) is 0.140. The molecule has 2 unspecified atom stereocenters. The number of hydrogen-bond acceptors (Lipinski definition) is 1. The Morgan fingerprint density at radius 2 is 1.18 bits per heavy atom. The van der Waals surface area contributed by atoms with Crippen molar-refractivity contribution in [2.45, 2.75) is 49.9 Å². The van der Waals surface area contributed by atoms with Crippen LogP contribution in [0.25, 0.3) is 66.4 Å². The molecule has 11 aromatic rings. The van der Waals surface area contributed by atoms with Gasteiger partial charge in [-0.3, -0.25) is 0 Å². The number of rotatable bonds is 9. The molecular weight excluding hydrogens is 941 g/mol. The molecule has 2 heteroatoms. The summed E-state index contributed by atoms with van der Waals surface area (Å²) in [5.41, 5.74) is 26.3. The smallest absolute Gasteiger partial charge is 0.0716 e. The molecule has 0 amide bonds. The second-order valence-corrected chi connectivity index (χ2v) is 22.2. The lowest BCUT2D eigenvalue weighted by molar-refractivity contribution is 0.660. The van der Waals surface area contributed by atoms with Crippen LogP contribution in [0.4, 0.5) is 17.1 Å². The van der Waals surface area contributed by atoms with Crippen LogP contribution in [0.3, 0.4) is 0 Å². The Morgan fingerprint density at radius 1 is 0.487 bits per heavy atom. The van der Waals surface area contributed by atoms with Crippen LogP contribution in [0.15, 0.2) is 279 Å². The van der Waals surface area contributed by atoms with Gasteiger partial charge in [-0.15, -0.1) is 0 Å². The SMILES string of the molecule is CC1(C)c2ccccc2-c2cc(N(c3ccccc3)c3ccccc3C3C=CC=C(c4ccc5c(c4)c4ccccc4n5-c4cccc(-c5cccc6c5C(C5=CCCC=C5)(c5ccccc5)c5ccccc5-6)c4)C3)ccc21. The van der Waals surface area contributed by atoms with Gasteiger partial charge in [0, 0.05) is 44.9 Å². The van der Waals surface area contributed by atoms with Crippen molar-refractivity contribution >= 4 is 44.4 Å². The summed E-state index contributed by atoms with van der Waals surface area (Å²) in [4.78, 5) is 2.47. The third-order valence-corrected chi connectivity index (χ3v) is 17.7. The lowest BCUT2D eigenvalue weighted by Crippen LogP contribution is -2.30. The van der Waals surface area contributed by atoms with E-state index in [0.29, 0.717) is 0 Å². The van der Waals surface area contributed by atoms with Crippen LogP contribution in [-0.4, -0.2) is 4.57 Å². The molecule has 0 saturated carbocycles. The highest BCUT2D eigenvalue weighted by atomic mass is 15.1. The third kappa shape index (κ3) is 7.02. The van der Waals surface area contributed by atoms with Crippen molar-refractivity contribution in [3.05, 3.63) is 318 Å². The van der Waals surface area contributed by atoms with Crippen LogP contribution in [0.2, 0.25) is 0 Å². The number of benzene rings is 10. The minimum Gasteiger partial charge on any atom is -0.310 e. The molecule has 0 saturated heterocycles. The van der Waals surface area contributed by atoms with Gasteiger partial charge in [0.15, 0.2) is 0 Å². The highest BCUT2D eigenvalue weighted by Gasteiger charge is 2.48. The number of allylic oxidation sites excluding steroid dienone is 8. The Hall–Kier alpha value is -9.24. The number of aromatic nitrogens is 1. The molecule has 10 aromatic carbocycles. The van der Waals surface area contributed by atoms with Crippen molar-refractivity contribution < 1.29 is 0 Å². The molecule has 1 heterocycles. The minimum absolute atomic E-state index is 0.0581. The number of fused-ring (bicyclic) bond motifs is 9. The highest BCUT2D eigenvalue weighted by molar-refractivity contribution is 6.10. The molecule has 1 aromatic heterocycles. The van der Waals surface area contributed by atoms with E-state index in [1.165, 1.54) is 111 Å². The number of hydrogen-bond donors (Lipinski definition) is 0. The zero-order chi connectivity index (χ0) is 52.0. The van der Waals surface area contributed by atoms with Crippen molar-refractivity contribution in [3.63, 3.8) is 0 Å². The van der Waals surface area contributed by atoms with Gasteiger partial charge in [-0.2, -0.15) is 0 Å². The normalized spacial score (nSPS) is 17.5. The highest BCUT2D eigenvalue weighted by Crippen LogP contribution is 2.60. The van der Waals surface area contributed by atoms with Crippen molar-refractivity contribution in [1.29, 1.82) is 0 Å². The average molecular weight is 999 g/mol. The van der Waals surface area contributed by atoms with Gasteiger partial charge in [0.2, 0.25) is 0 Å². The van der Waals surface area contributed by atoms with E-state index in [1.54, 1.807) is 0 Å². The first kappa shape index (κ1) is 46.1. The molecule has 0 radical (unpaired) electrons. The average Bonchev–Trinajstić information content (AvgIpc) is 3.83. The summed E-state index contributed by atoms with van der Waals surface area (Å²) in [6.07, 6.45) is 17.3. The van der Waals surface area contributed by atoms with Gasteiger partial charge in [-0.25, -0.2) is 0 Å². The number of anilines is 3. The van der Waals surface area contributed by atoms with Gasteiger partial charge in [-0.05, 0) is 163 Å². The van der Waals surface area contributed by atoms with Crippen LogP contribution in [0.5, 0.6) is 0 Å². The molecule has 0 aliphatic heterocycles. The molecule has 372 valence electrons. The maximum absolute atomic E-state index is 2.49. The lowest BCUT2D eigenvalue weighted by Gasteiger charge is -2.37. The monoisotopic (exact) mass is 998 g/mol.